The number of hydrogen-bond acceptors (Lipinski definition) is 4. The lowest BCUT2D eigenvalue weighted by Gasteiger charge is -2.07. The lowest BCUT2D eigenvalue weighted by molar-refractivity contribution is 0.0953. The van der Waals surface area contributed by atoms with E-state index in [-0.39, 0.29) is 11.7 Å². The van der Waals surface area contributed by atoms with Crippen molar-refractivity contribution in [2.45, 2.75) is 6.92 Å². The molecule has 3 aromatic carbocycles. The van der Waals surface area contributed by atoms with Crippen LogP contribution in [0.15, 0.2) is 77.9 Å². The number of carbonyl (C=O) groups is 2. The largest absolute Gasteiger partial charge is 0.507 e. The molecule has 0 aliphatic carbocycles. The van der Waals surface area contributed by atoms with Gasteiger partial charge in [-0.25, -0.2) is 5.43 Å². The zero-order valence-electron chi connectivity index (χ0n) is 15.2. The summed E-state index contributed by atoms with van der Waals surface area (Å²) >= 11 is 0. The second-order valence-corrected chi connectivity index (χ2v) is 6.16. The van der Waals surface area contributed by atoms with E-state index in [1.165, 1.54) is 12.3 Å². The number of amides is 2. The average Bonchev–Trinajstić information content (AvgIpc) is 2.69. The van der Waals surface area contributed by atoms with Gasteiger partial charge in [0.25, 0.3) is 11.8 Å². The number of phenols is 1. The van der Waals surface area contributed by atoms with Crippen molar-refractivity contribution in [3.63, 3.8) is 0 Å². The number of hydrogen-bond donors (Lipinski definition) is 3. The molecule has 3 aromatic rings. The van der Waals surface area contributed by atoms with E-state index in [4.69, 9.17) is 0 Å². The highest BCUT2D eigenvalue weighted by molar-refractivity contribution is 6.05. The highest BCUT2D eigenvalue weighted by Gasteiger charge is 2.09. The fourth-order valence-electron chi connectivity index (χ4n) is 2.55. The Hall–Kier alpha value is -3.93. The number of hydrazone groups is 1. The summed E-state index contributed by atoms with van der Waals surface area (Å²) in [6.45, 7) is 1.91. The van der Waals surface area contributed by atoms with Gasteiger partial charge in [0.05, 0.1) is 6.21 Å². The Morgan fingerprint density at radius 3 is 2.36 bits per heavy atom. The van der Waals surface area contributed by atoms with E-state index in [0.29, 0.717) is 22.4 Å². The molecule has 0 fully saturated rings. The van der Waals surface area contributed by atoms with Gasteiger partial charge in [0.15, 0.2) is 0 Å². The molecule has 0 atom stereocenters. The van der Waals surface area contributed by atoms with Gasteiger partial charge in [0.2, 0.25) is 0 Å². The molecule has 140 valence electrons. The van der Waals surface area contributed by atoms with Gasteiger partial charge in [0, 0.05) is 22.4 Å². The molecular weight excluding hydrogens is 354 g/mol. The molecule has 0 unspecified atom stereocenters. The SMILES string of the molecule is Cc1cccc(C(=O)Nc2cccc(C(=O)N/N=C/c3ccccc3O)c2)c1. The molecule has 0 radical (unpaired) electrons. The van der Waals surface area contributed by atoms with Gasteiger partial charge in [-0.1, -0.05) is 35.9 Å². The summed E-state index contributed by atoms with van der Waals surface area (Å²) in [5, 5.41) is 16.3. The van der Waals surface area contributed by atoms with Crippen molar-refractivity contribution in [2.75, 3.05) is 5.32 Å². The number of nitrogens with zero attached hydrogens (tertiary/aromatic N) is 1. The molecule has 3 rings (SSSR count). The maximum Gasteiger partial charge on any atom is 0.271 e. The molecular formula is C22H19N3O3. The van der Waals surface area contributed by atoms with Gasteiger partial charge >= 0.3 is 0 Å². The molecule has 28 heavy (non-hydrogen) atoms. The van der Waals surface area contributed by atoms with E-state index in [0.717, 1.165) is 5.56 Å². The highest BCUT2D eigenvalue weighted by atomic mass is 16.3. The third kappa shape index (κ3) is 4.82. The van der Waals surface area contributed by atoms with E-state index in [1.54, 1.807) is 54.6 Å². The zero-order chi connectivity index (χ0) is 19.9. The number of rotatable bonds is 5. The van der Waals surface area contributed by atoms with Crippen molar-refractivity contribution in [3.8, 4) is 5.75 Å². The Labute approximate surface area is 162 Å². The molecule has 6 heteroatoms. The molecule has 0 spiro atoms. The van der Waals surface area contributed by atoms with Gasteiger partial charge in [-0.05, 0) is 49.4 Å². The number of nitrogens with one attached hydrogen (secondary N) is 2. The number of aryl methyl sites for hydroxylation is 1. The molecule has 0 aliphatic rings. The first kappa shape index (κ1) is 18.8. The summed E-state index contributed by atoms with van der Waals surface area (Å²) in [7, 11) is 0. The lowest BCUT2D eigenvalue weighted by Crippen LogP contribution is -2.18. The summed E-state index contributed by atoms with van der Waals surface area (Å²) in [5.74, 6) is -0.612. The fourth-order valence-corrected chi connectivity index (χ4v) is 2.55. The van der Waals surface area contributed by atoms with Crippen molar-refractivity contribution in [1.82, 2.24) is 5.43 Å². The van der Waals surface area contributed by atoms with Crippen molar-refractivity contribution in [2.24, 2.45) is 5.10 Å². The fraction of sp³-hybridized carbons (Fsp3) is 0.0455. The monoisotopic (exact) mass is 373 g/mol. The third-order valence-corrected chi connectivity index (χ3v) is 3.97. The molecule has 2 amide bonds. The van der Waals surface area contributed by atoms with E-state index < -0.39 is 5.91 Å². The number of benzene rings is 3. The number of anilines is 1. The van der Waals surface area contributed by atoms with Crippen LogP contribution in [0.5, 0.6) is 5.75 Å². The smallest absolute Gasteiger partial charge is 0.271 e. The summed E-state index contributed by atoms with van der Waals surface area (Å²) < 4.78 is 0. The van der Waals surface area contributed by atoms with Crippen LogP contribution in [-0.2, 0) is 0 Å². The van der Waals surface area contributed by atoms with Crippen LogP contribution < -0.4 is 10.7 Å². The summed E-state index contributed by atoms with van der Waals surface area (Å²) in [4.78, 5) is 24.6. The topological polar surface area (TPSA) is 90.8 Å². The van der Waals surface area contributed by atoms with Crippen LogP contribution in [-0.4, -0.2) is 23.1 Å². The Kier molecular flexibility index (Phi) is 5.81. The van der Waals surface area contributed by atoms with Crippen LogP contribution in [0.2, 0.25) is 0 Å². The molecule has 0 aromatic heterocycles. The van der Waals surface area contributed by atoms with Gasteiger partial charge in [0.1, 0.15) is 5.75 Å². The summed E-state index contributed by atoms with van der Waals surface area (Å²) in [5.41, 5.74) is 5.27. The molecule has 0 bridgehead atoms. The van der Waals surface area contributed by atoms with Crippen LogP contribution in [0, 0.1) is 6.92 Å². The van der Waals surface area contributed by atoms with Crippen LogP contribution in [0.25, 0.3) is 0 Å². The lowest BCUT2D eigenvalue weighted by atomic mass is 10.1. The Bertz CT molecular complexity index is 1040. The van der Waals surface area contributed by atoms with E-state index >= 15 is 0 Å². The zero-order valence-corrected chi connectivity index (χ0v) is 15.2. The average molecular weight is 373 g/mol. The molecule has 3 N–H and O–H groups in total. The number of phenolic OH excluding ortho intramolecular Hbond substituents is 1. The van der Waals surface area contributed by atoms with Crippen LogP contribution in [0.4, 0.5) is 5.69 Å². The highest BCUT2D eigenvalue weighted by Crippen LogP contribution is 2.14. The van der Waals surface area contributed by atoms with E-state index in [2.05, 4.69) is 15.8 Å². The maximum atomic E-state index is 12.3. The second-order valence-electron chi connectivity index (χ2n) is 6.16. The molecule has 6 nitrogen and oxygen atoms in total. The predicted molar refractivity (Wildman–Crippen MR) is 109 cm³/mol. The molecule has 0 aliphatic heterocycles. The summed E-state index contributed by atoms with van der Waals surface area (Å²) in [6.07, 6.45) is 1.36. The Morgan fingerprint density at radius 1 is 0.893 bits per heavy atom. The first-order chi connectivity index (χ1) is 13.5. The third-order valence-electron chi connectivity index (χ3n) is 3.97. The minimum atomic E-state index is -0.432. The summed E-state index contributed by atoms with van der Waals surface area (Å²) in [6, 6.07) is 20.5. The van der Waals surface area contributed by atoms with Crippen molar-refractivity contribution in [3.05, 3.63) is 95.1 Å². The number of aromatic hydroxyl groups is 1. The van der Waals surface area contributed by atoms with Gasteiger partial charge in [-0.3, -0.25) is 9.59 Å². The second kappa shape index (κ2) is 8.64. The van der Waals surface area contributed by atoms with Gasteiger partial charge in [-0.2, -0.15) is 5.10 Å². The first-order valence-corrected chi connectivity index (χ1v) is 8.62. The molecule has 0 heterocycles. The first-order valence-electron chi connectivity index (χ1n) is 8.62. The molecule has 0 saturated heterocycles. The van der Waals surface area contributed by atoms with Crippen LogP contribution in [0.1, 0.15) is 31.8 Å². The van der Waals surface area contributed by atoms with Crippen molar-refractivity contribution in [1.29, 1.82) is 0 Å². The number of para-hydroxylation sites is 1. The Balaban J connectivity index is 1.66. The normalized spacial score (nSPS) is 10.6. The predicted octanol–water partition coefficient (Wildman–Crippen LogP) is 3.72. The van der Waals surface area contributed by atoms with Crippen molar-refractivity contribution >= 4 is 23.7 Å². The van der Waals surface area contributed by atoms with Crippen LogP contribution >= 0.6 is 0 Å². The minimum absolute atomic E-state index is 0.0707. The number of carbonyl (C=O) groups excluding carboxylic acids is 2. The minimum Gasteiger partial charge on any atom is -0.507 e. The van der Waals surface area contributed by atoms with Crippen molar-refractivity contribution < 1.29 is 14.7 Å². The standard InChI is InChI=1S/C22H19N3O3/c1-15-6-4-8-16(12-15)21(27)24-19-10-5-9-17(13-19)22(28)25-23-14-18-7-2-3-11-20(18)26/h2-14,26H,1H3,(H,24,27)(H,25,28)/b23-14+. The van der Waals surface area contributed by atoms with E-state index in [9.17, 15) is 14.7 Å². The maximum absolute atomic E-state index is 12.3. The van der Waals surface area contributed by atoms with E-state index in [1.807, 2.05) is 19.1 Å². The van der Waals surface area contributed by atoms with Gasteiger partial charge in [-0.15, -0.1) is 0 Å². The quantitative estimate of drug-likeness (QED) is 0.470. The molecule has 0 saturated carbocycles. The van der Waals surface area contributed by atoms with Crippen LogP contribution in [0.3, 0.4) is 0 Å². The Morgan fingerprint density at radius 2 is 1.61 bits per heavy atom. The van der Waals surface area contributed by atoms with Gasteiger partial charge < -0.3 is 10.4 Å².